The summed E-state index contributed by atoms with van der Waals surface area (Å²) in [5.41, 5.74) is 1.93. The average molecular weight is 250 g/mol. The van der Waals surface area contributed by atoms with Crippen molar-refractivity contribution >= 4 is 17.3 Å². The second-order valence-electron chi connectivity index (χ2n) is 5.23. The van der Waals surface area contributed by atoms with Crippen molar-refractivity contribution in [3.63, 3.8) is 0 Å². The quantitative estimate of drug-likeness (QED) is 0.769. The van der Waals surface area contributed by atoms with Gasteiger partial charge in [0, 0.05) is 18.3 Å². The minimum absolute atomic E-state index is 0.0662. The predicted octanol–water partition coefficient (Wildman–Crippen LogP) is 2.52. The van der Waals surface area contributed by atoms with Crippen molar-refractivity contribution in [2.45, 2.75) is 46.3 Å². The molecule has 0 aliphatic heterocycles. The molecule has 4 nitrogen and oxygen atoms in total. The Balaban J connectivity index is 2.82. The summed E-state index contributed by atoms with van der Waals surface area (Å²) in [4.78, 5) is 11.0. The van der Waals surface area contributed by atoms with Gasteiger partial charge in [0.15, 0.2) is 0 Å². The molecule has 18 heavy (non-hydrogen) atoms. The Bertz CT molecular complexity index is 436. The summed E-state index contributed by atoms with van der Waals surface area (Å²) in [7, 11) is 0. The molecule has 0 spiro atoms. The van der Waals surface area contributed by atoms with Gasteiger partial charge in [0.05, 0.1) is 11.6 Å². The van der Waals surface area contributed by atoms with Crippen LogP contribution in [0.15, 0.2) is 18.2 Å². The molecule has 1 amide bonds. The van der Waals surface area contributed by atoms with Crippen molar-refractivity contribution in [1.82, 2.24) is 0 Å². The standard InChI is InChI=1S/C14H22N2O2/c1-9-8-12(15-10(2)14(4,5)18)6-7-13(9)16-11(3)17/h6-8,10,15,18H,1-5H3,(H,16,17). The maximum Gasteiger partial charge on any atom is 0.221 e. The van der Waals surface area contributed by atoms with Crippen LogP contribution in [0.25, 0.3) is 0 Å². The first-order chi connectivity index (χ1) is 8.20. The largest absolute Gasteiger partial charge is 0.388 e. The third-order valence-corrected chi connectivity index (χ3v) is 2.98. The van der Waals surface area contributed by atoms with Crippen molar-refractivity contribution < 1.29 is 9.90 Å². The number of benzene rings is 1. The number of amides is 1. The number of carbonyl (C=O) groups is 1. The summed E-state index contributed by atoms with van der Waals surface area (Å²) in [6.45, 7) is 8.89. The molecule has 1 rings (SSSR count). The van der Waals surface area contributed by atoms with Gasteiger partial charge in [-0.15, -0.1) is 0 Å². The molecule has 1 atom stereocenters. The van der Waals surface area contributed by atoms with Gasteiger partial charge >= 0.3 is 0 Å². The van der Waals surface area contributed by atoms with E-state index in [1.807, 2.05) is 32.0 Å². The van der Waals surface area contributed by atoms with Crippen molar-refractivity contribution in [3.05, 3.63) is 23.8 Å². The van der Waals surface area contributed by atoms with E-state index in [1.165, 1.54) is 6.92 Å². The predicted molar refractivity (Wildman–Crippen MR) is 74.9 cm³/mol. The normalized spacial score (nSPS) is 13.0. The van der Waals surface area contributed by atoms with Crippen LogP contribution in [0.5, 0.6) is 0 Å². The highest BCUT2D eigenvalue weighted by molar-refractivity contribution is 5.89. The molecule has 4 heteroatoms. The van der Waals surface area contributed by atoms with Gasteiger partial charge in [-0.25, -0.2) is 0 Å². The first-order valence-corrected chi connectivity index (χ1v) is 6.07. The molecule has 100 valence electrons. The summed E-state index contributed by atoms with van der Waals surface area (Å²) >= 11 is 0. The van der Waals surface area contributed by atoms with E-state index in [0.29, 0.717) is 0 Å². The van der Waals surface area contributed by atoms with E-state index in [4.69, 9.17) is 0 Å². The van der Waals surface area contributed by atoms with Crippen LogP contribution < -0.4 is 10.6 Å². The number of rotatable bonds is 4. The minimum atomic E-state index is -0.787. The molecule has 0 aliphatic carbocycles. The molecule has 0 heterocycles. The second kappa shape index (κ2) is 5.40. The first-order valence-electron chi connectivity index (χ1n) is 6.07. The Kier molecular flexibility index (Phi) is 4.35. The van der Waals surface area contributed by atoms with Crippen LogP contribution in [0.4, 0.5) is 11.4 Å². The van der Waals surface area contributed by atoms with E-state index < -0.39 is 5.60 Å². The minimum Gasteiger partial charge on any atom is -0.388 e. The van der Waals surface area contributed by atoms with Gasteiger partial charge < -0.3 is 15.7 Å². The summed E-state index contributed by atoms with van der Waals surface area (Å²) < 4.78 is 0. The maximum absolute atomic E-state index is 11.0. The van der Waals surface area contributed by atoms with Crippen LogP contribution in [0.3, 0.4) is 0 Å². The van der Waals surface area contributed by atoms with Crippen molar-refractivity contribution in [2.75, 3.05) is 10.6 Å². The molecule has 0 fully saturated rings. The number of carbonyl (C=O) groups excluding carboxylic acids is 1. The zero-order valence-corrected chi connectivity index (χ0v) is 11.7. The molecule has 0 aromatic heterocycles. The molecule has 0 aliphatic rings. The highest BCUT2D eigenvalue weighted by atomic mass is 16.3. The molecule has 0 saturated carbocycles. The van der Waals surface area contributed by atoms with Gasteiger partial charge in [-0.1, -0.05) is 0 Å². The van der Waals surface area contributed by atoms with E-state index >= 15 is 0 Å². The fraction of sp³-hybridized carbons (Fsp3) is 0.500. The Morgan fingerprint density at radius 1 is 1.39 bits per heavy atom. The highest BCUT2D eigenvalue weighted by Gasteiger charge is 2.21. The fourth-order valence-corrected chi connectivity index (χ4v) is 1.51. The van der Waals surface area contributed by atoms with Crippen LogP contribution in [-0.4, -0.2) is 22.7 Å². The van der Waals surface area contributed by atoms with E-state index in [2.05, 4.69) is 10.6 Å². The molecule has 1 aromatic carbocycles. The molecule has 0 saturated heterocycles. The Morgan fingerprint density at radius 3 is 2.44 bits per heavy atom. The SMILES string of the molecule is CC(=O)Nc1ccc(NC(C)C(C)(C)O)cc1C. The van der Waals surface area contributed by atoms with Gasteiger partial charge in [0.25, 0.3) is 0 Å². The van der Waals surface area contributed by atoms with E-state index in [9.17, 15) is 9.90 Å². The lowest BCUT2D eigenvalue weighted by Gasteiger charge is -2.28. The number of hydrogen-bond acceptors (Lipinski definition) is 3. The Morgan fingerprint density at radius 2 is 2.00 bits per heavy atom. The van der Waals surface area contributed by atoms with Crippen LogP contribution in [0.2, 0.25) is 0 Å². The zero-order chi connectivity index (χ0) is 13.9. The number of anilines is 2. The van der Waals surface area contributed by atoms with Crippen molar-refractivity contribution in [2.24, 2.45) is 0 Å². The maximum atomic E-state index is 11.0. The molecule has 3 N–H and O–H groups in total. The number of aryl methyl sites for hydroxylation is 1. The number of nitrogens with one attached hydrogen (secondary N) is 2. The van der Waals surface area contributed by atoms with Gasteiger partial charge in [-0.05, 0) is 51.5 Å². The van der Waals surface area contributed by atoms with Crippen LogP contribution in [-0.2, 0) is 4.79 Å². The Hall–Kier alpha value is -1.55. The lowest BCUT2D eigenvalue weighted by atomic mass is 10.0. The van der Waals surface area contributed by atoms with E-state index in [0.717, 1.165) is 16.9 Å². The lowest BCUT2D eigenvalue weighted by molar-refractivity contribution is -0.114. The van der Waals surface area contributed by atoms with Crippen LogP contribution >= 0.6 is 0 Å². The van der Waals surface area contributed by atoms with Gasteiger partial charge in [-0.3, -0.25) is 4.79 Å². The molecule has 1 aromatic rings. The van der Waals surface area contributed by atoms with Gasteiger partial charge in [0.1, 0.15) is 0 Å². The summed E-state index contributed by atoms with van der Waals surface area (Å²) in [5, 5.41) is 15.9. The summed E-state index contributed by atoms with van der Waals surface area (Å²) in [6, 6.07) is 5.63. The monoisotopic (exact) mass is 250 g/mol. The molecule has 1 unspecified atom stereocenters. The number of hydrogen-bond donors (Lipinski definition) is 3. The molecular weight excluding hydrogens is 228 g/mol. The average Bonchev–Trinajstić information content (AvgIpc) is 2.20. The summed E-state index contributed by atoms with van der Waals surface area (Å²) in [6.07, 6.45) is 0. The van der Waals surface area contributed by atoms with Crippen molar-refractivity contribution in [1.29, 1.82) is 0 Å². The second-order valence-corrected chi connectivity index (χ2v) is 5.23. The smallest absolute Gasteiger partial charge is 0.221 e. The first kappa shape index (κ1) is 14.5. The van der Waals surface area contributed by atoms with Crippen molar-refractivity contribution in [3.8, 4) is 0 Å². The summed E-state index contributed by atoms with van der Waals surface area (Å²) in [5.74, 6) is -0.0799. The fourth-order valence-electron chi connectivity index (χ4n) is 1.51. The topological polar surface area (TPSA) is 61.4 Å². The third-order valence-electron chi connectivity index (χ3n) is 2.98. The Labute approximate surface area is 108 Å². The lowest BCUT2D eigenvalue weighted by Crippen LogP contribution is -2.39. The van der Waals surface area contributed by atoms with Crippen LogP contribution in [0.1, 0.15) is 33.3 Å². The molecule has 0 bridgehead atoms. The molecular formula is C14H22N2O2. The zero-order valence-electron chi connectivity index (χ0n) is 11.7. The van der Waals surface area contributed by atoms with Gasteiger partial charge in [0.2, 0.25) is 5.91 Å². The van der Waals surface area contributed by atoms with Gasteiger partial charge in [-0.2, -0.15) is 0 Å². The third kappa shape index (κ3) is 4.04. The van der Waals surface area contributed by atoms with E-state index in [-0.39, 0.29) is 11.9 Å². The van der Waals surface area contributed by atoms with E-state index in [1.54, 1.807) is 13.8 Å². The number of aliphatic hydroxyl groups is 1. The van der Waals surface area contributed by atoms with Crippen LogP contribution in [0, 0.1) is 6.92 Å². The highest BCUT2D eigenvalue weighted by Crippen LogP contribution is 2.22. The molecule has 0 radical (unpaired) electrons.